The predicted molar refractivity (Wildman–Crippen MR) is 109 cm³/mol. The number of nitrogens with zero attached hydrogens (tertiary/aromatic N) is 2. The number of amides is 2. The van der Waals surface area contributed by atoms with Gasteiger partial charge >= 0.3 is 0 Å². The van der Waals surface area contributed by atoms with E-state index in [4.69, 9.17) is 0 Å². The molecule has 0 aromatic heterocycles. The third kappa shape index (κ3) is 5.11. The Balaban J connectivity index is 2.14. The molecule has 1 aliphatic heterocycles. The molecule has 1 aliphatic rings. The maximum atomic E-state index is 12.9. The molecule has 7 nitrogen and oxygen atoms in total. The lowest BCUT2D eigenvalue weighted by Crippen LogP contribution is -2.41. The van der Waals surface area contributed by atoms with E-state index in [2.05, 4.69) is 5.32 Å². The lowest BCUT2D eigenvalue weighted by Gasteiger charge is -2.32. The molecule has 28 heavy (non-hydrogen) atoms. The highest BCUT2D eigenvalue weighted by atomic mass is 32.2. The highest BCUT2D eigenvalue weighted by Gasteiger charge is 2.27. The second-order valence-electron chi connectivity index (χ2n) is 7.24. The topological polar surface area (TPSA) is 86.8 Å². The Morgan fingerprint density at radius 2 is 1.79 bits per heavy atom. The van der Waals surface area contributed by atoms with E-state index in [9.17, 15) is 18.0 Å². The molecule has 0 radical (unpaired) electrons. The number of likely N-dealkylation sites (tertiary alicyclic amines) is 1. The minimum Gasteiger partial charge on any atom is -0.356 e. The van der Waals surface area contributed by atoms with Crippen molar-refractivity contribution in [3.8, 4) is 0 Å². The standard InChI is InChI=1S/C20H31N3O4S/c1-5-23(6-2)28(26,27)19-13-18(8-7-15(19)3)20(25)22-11-9-17(10-12-22)14-21-16(4)24/h7-8,13,17H,5-6,9-12,14H2,1-4H3,(H,21,24). The van der Waals surface area contributed by atoms with Crippen LogP contribution in [0.25, 0.3) is 0 Å². The number of sulfonamides is 1. The molecular weight excluding hydrogens is 378 g/mol. The Bertz CT molecular complexity index is 811. The Morgan fingerprint density at radius 3 is 2.32 bits per heavy atom. The van der Waals surface area contributed by atoms with Crippen molar-refractivity contribution in [2.75, 3.05) is 32.7 Å². The summed E-state index contributed by atoms with van der Waals surface area (Å²) < 4.78 is 27.2. The van der Waals surface area contributed by atoms with Gasteiger partial charge in [-0.25, -0.2) is 8.42 Å². The van der Waals surface area contributed by atoms with E-state index >= 15 is 0 Å². The van der Waals surface area contributed by atoms with E-state index in [1.807, 2.05) is 0 Å². The fourth-order valence-electron chi connectivity index (χ4n) is 3.52. The summed E-state index contributed by atoms with van der Waals surface area (Å²) >= 11 is 0. The molecule has 1 aromatic rings. The number of rotatable bonds is 7. The molecule has 8 heteroatoms. The number of hydrogen-bond acceptors (Lipinski definition) is 4. The van der Waals surface area contributed by atoms with Crippen molar-refractivity contribution in [1.82, 2.24) is 14.5 Å². The molecule has 0 spiro atoms. The normalized spacial score (nSPS) is 15.7. The SMILES string of the molecule is CCN(CC)S(=O)(=O)c1cc(C(=O)N2CCC(CNC(C)=O)CC2)ccc1C. The van der Waals surface area contributed by atoms with Crippen LogP contribution in [-0.2, 0) is 14.8 Å². The highest BCUT2D eigenvalue weighted by Crippen LogP contribution is 2.24. The molecule has 1 aromatic carbocycles. The van der Waals surface area contributed by atoms with Gasteiger partial charge in [-0.3, -0.25) is 9.59 Å². The highest BCUT2D eigenvalue weighted by molar-refractivity contribution is 7.89. The zero-order valence-electron chi connectivity index (χ0n) is 17.2. The number of piperidine rings is 1. The van der Waals surface area contributed by atoms with Crippen LogP contribution in [0.3, 0.4) is 0 Å². The lowest BCUT2D eigenvalue weighted by molar-refractivity contribution is -0.119. The average Bonchev–Trinajstić information content (AvgIpc) is 2.67. The third-order valence-corrected chi connectivity index (χ3v) is 7.49. The van der Waals surface area contributed by atoms with Crippen LogP contribution < -0.4 is 5.32 Å². The van der Waals surface area contributed by atoms with Crippen molar-refractivity contribution in [3.63, 3.8) is 0 Å². The maximum Gasteiger partial charge on any atom is 0.253 e. The van der Waals surface area contributed by atoms with E-state index in [-0.39, 0.29) is 16.7 Å². The first-order valence-electron chi connectivity index (χ1n) is 9.85. The quantitative estimate of drug-likeness (QED) is 0.746. The van der Waals surface area contributed by atoms with Crippen LogP contribution in [0.1, 0.15) is 49.5 Å². The summed E-state index contributed by atoms with van der Waals surface area (Å²) in [6.45, 7) is 9.47. The summed E-state index contributed by atoms with van der Waals surface area (Å²) in [5.41, 5.74) is 1.04. The van der Waals surface area contributed by atoms with Crippen LogP contribution >= 0.6 is 0 Å². The molecule has 0 bridgehead atoms. The summed E-state index contributed by atoms with van der Waals surface area (Å²) in [6, 6.07) is 4.91. The summed E-state index contributed by atoms with van der Waals surface area (Å²) in [6.07, 6.45) is 1.64. The average molecular weight is 410 g/mol. The van der Waals surface area contributed by atoms with Crippen molar-refractivity contribution >= 4 is 21.8 Å². The van der Waals surface area contributed by atoms with Gasteiger partial charge < -0.3 is 10.2 Å². The van der Waals surface area contributed by atoms with E-state index in [0.29, 0.717) is 49.8 Å². The molecule has 1 saturated heterocycles. The van der Waals surface area contributed by atoms with Crippen molar-refractivity contribution in [2.24, 2.45) is 5.92 Å². The Labute approximate surface area is 168 Å². The van der Waals surface area contributed by atoms with Gasteiger partial charge in [0, 0.05) is 45.2 Å². The van der Waals surface area contributed by atoms with Crippen LogP contribution in [0.2, 0.25) is 0 Å². The molecule has 0 unspecified atom stereocenters. The lowest BCUT2D eigenvalue weighted by atomic mass is 9.96. The largest absolute Gasteiger partial charge is 0.356 e. The summed E-state index contributed by atoms with van der Waals surface area (Å²) in [4.78, 5) is 25.9. The van der Waals surface area contributed by atoms with Gasteiger partial charge in [0.25, 0.3) is 5.91 Å². The number of carbonyl (C=O) groups excluding carboxylic acids is 2. The molecule has 0 aliphatic carbocycles. The van der Waals surface area contributed by atoms with Gasteiger partial charge in [-0.2, -0.15) is 4.31 Å². The summed E-state index contributed by atoms with van der Waals surface area (Å²) in [7, 11) is -3.62. The fraction of sp³-hybridized carbons (Fsp3) is 0.600. The summed E-state index contributed by atoms with van der Waals surface area (Å²) in [5.74, 6) is 0.179. The number of hydrogen-bond donors (Lipinski definition) is 1. The minimum atomic E-state index is -3.62. The number of aryl methyl sites for hydroxylation is 1. The number of nitrogens with one attached hydrogen (secondary N) is 1. The van der Waals surface area contributed by atoms with Gasteiger partial charge in [-0.15, -0.1) is 0 Å². The third-order valence-electron chi connectivity index (χ3n) is 5.30. The molecular formula is C20H31N3O4S. The van der Waals surface area contributed by atoms with Gasteiger partial charge in [-0.1, -0.05) is 19.9 Å². The number of benzene rings is 1. The molecule has 1 heterocycles. The van der Waals surface area contributed by atoms with E-state index < -0.39 is 10.0 Å². The predicted octanol–water partition coefficient (Wildman–Crippen LogP) is 2.01. The molecule has 0 atom stereocenters. The minimum absolute atomic E-state index is 0.0416. The van der Waals surface area contributed by atoms with E-state index in [0.717, 1.165) is 12.8 Å². The molecule has 2 rings (SSSR count). The second-order valence-corrected chi connectivity index (χ2v) is 9.15. The Morgan fingerprint density at radius 1 is 1.18 bits per heavy atom. The fourth-order valence-corrected chi connectivity index (χ4v) is 5.23. The molecule has 156 valence electrons. The van der Waals surface area contributed by atoms with Gasteiger partial charge in [0.1, 0.15) is 0 Å². The van der Waals surface area contributed by atoms with Gasteiger partial charge in [0.2, 0.25) is 15.9 Å². The zero-order valence-corrected chi connectivity index (χ0v) is 18.0. The van der Waals surface area contributed by atoms with Crippen molar-refractivity contribution < 1.29 is 18.0 Å². The van der Waals surface area contributed by atoms with Crippen LogP contribution in [0.15, 0.2) is 23.1 Å². The van der Waals surface area contributed by atoms with Gasteiger partial charge in [-0.05, 0) is 43.4 Å². The van der Waals surface area contributed by atoms with Crippen LogP contribution in [0.5, 0.6) is 0 Å². The van der Waals surface area contributed by atoms with Crippen LogP contribution in [0.4, 0.5) is 0 Å². The van der Waals surface area contributed by atoms with Gasteiger partial charge in [0.05, 0.1) is 4.90 Å². The van der Waals surface area contributed by atoms with E-state index in [1.54, 1.807) is 37.8 Å². The molecule has 0 saturated carbocycles. The first-order valence-corrected chi connectivity index (χ1v) is 11.3. The second kappa shape index (κ2) is 9.52. The van der Waals surface area contributed by atoms with Crippen molar-refractivity contribution in [3.05, 3.63) is 29.3 Å². The zero-order chi connectivity index (χ0) is 20.9. The van der Waals surface area contributed by atoms with Gasteiger partial charge in [0.15, 0.2) is 0 Å². The maximum absolute atomic E-state index is 12.9. The smallest absolute Gasteiger partial charge is 0.253 e. The van der Waals surface area contributed by atoms with Crippen LogP contribution in [-0.4, -0.2) is 62.2 Å². The van der Waals surface area contributed by atoms with Crippen LogP contribution in [0, 0.1) is 12.8 Å². The molecule has 1 N–H and O–H groups in total. The van der Waals surface area contributed by atoms with E-state index in [1.165, 1.54) is 17.3 Å². The van der Waals surface area contributed by atoms with Crippen molar-refractivity contribution in [2.45, 2.75) is 45.4 Å². The summed E-state index contributed by atoms with van der Waals surface area (Å²) in [5, 5.41) is 2.83. The first kappa shape index (κ1) is 22.4. The number of carbonyl (C=O) groups is 2. The van der Waals surface area contributed by atoms with Crippen molar-refractivity contribution in [1.29, 1.82) is 0 Å². The Kier molecular flexibility index (Phi) is 7.60. The molecule has 2 amide bonds. The molecule has 1 fully saturated rings. The Hall–Kier alpha value is -1.93. The first-order chi connectivity index (χ1) is 13.2. The monoisotopic (exact) mass is 409 g/mol.